The molecule has 0 aromatic heterocycles. The van der Waals surface area contributed by atoms with E-state index in [2.05, 4.69) is 0 Å². The molecule has 98 valence electrons. The number of halogens is 3. The molecule has 0 aliphatic carbocycles. The molecule has 1 heterocycles. The number of alkyl halides is 3. The summed E-state index contributed by atoms with van der Waals surface area (Å²) < 4.78 is 60.6. The predicted molar refractivity (Wildman–Crippen MR) is 60.7 cm³/mol. The molecular formula is C11H10F3NO2S. The number of fused-ring (bicyclic) bond motifs is 1. The Morgan fingerprint density at radius 2 is 1.83 bits per heavy atom. The lowest BCUT2D eigenvalue weighted by Gasteiger charge is -2.31. The molecule has 3 nitrogen and oxygen atoms in total. The number of benzene rings is 1. The molecule has 0 bridgehead atoms. The molecular weight excluding hydrogens is 267 g/mol. The molecule has 0 N–H and O–H groups in total. The largest absolute Gasteiger partial charge is 0.516 e. The van der Waals surface area contributed by atoms with E-state index >= 15 is 0 Å². The van der Waals surface area contributed by atoms with Crippen LogP contribution in [0, 0.1) is 0 Å². The number of rotatable bonds is 1. The van der Waals surface area contributed by atoms with E-state index in [0.29, 0.717) is 9.87 Å². The summed E-state index contributed by atoms with van der Waals surface area (Å²) in [6.07, 6.45) is 2.31. The van der Waals surface area contributed by atoms with Gasteiger partial charge in [0.2, 0.25) is 0 Å². The van der Waals surface area contributed by atoms with Gasteiger partial charge in [0, 0.05) is 6.20 Å². The molecule has 0 saturated carbocycles. The highest BCUT2D eigenvalue weighted by Crippen LogP contribution is 2.37. The second-order valence-corrected chi connectivity index (χ2v) is 5.74. The van der Waals surface area contributed by atoms with Crippen LogP contribution in [0.15, 0.2) is 30.5 Å². The van der Waals surface area contributed by atoms with Crippen molar-refractivity contribution >= 4 is 16.1 Å². The van der Waals surface area contributed by atoms with Crippen LogP contribution in [0.3, 0.4) is 0 Å². The Morgan fingerprint density at radius 1 is 1.22 bits per heavy atom. The zero-order valence-corrected chi connectivity index (χ0v) is 10.2. The Kier molecular flexibility index (Phi) is 2.89. The standard InChI is InChI=1S/C11H10F3NO2S/c1-8-10-5-3-2-4-9(10)6-7-15(8)18(16,17)11(12,13)14/h2-8H,1H3. The van der Waals surface area contributed by atoms with Gasteiger partial charge >= 0.3 is 15.5 Å². The van der Waals surface area contributed by atoms with Gasteiger partial charge in [-0.05, 0) is 24.1 Å². The molecule has 1 aromatic rings. The van der Waals surface area contributed by atoms with Crippen molar-refractivity contribution < 1.29 is 21.6 Å². The summed E-state index contributed by atoms with van der Waals surface area (Å²) in [7, 11) is -5.34. The molecule has 2 rings (SSSR count). The van der Waals surface area contributed by atoms with Gasteiger partial charge in [-0.1, -0.05) is 24.3 Å². The van der Waals surface area contributed by atoms with E-state index in [1.807, 2.05) is 0 Å². The molecule has 0 spiro atoms. The van der Waals surface area contributed by atoms with Crippen LogP contribution < -0.4 is 0 Å². The van der Waals surface area contributed by atoms with E-state index in [0.717, 1.165) is 11.8 Å². The van der Waals surface area contributed by atoms with Crippen LogP contribution in [0.4, 0.5) is 13.2 Å². The average Bonchev–Trinajstić information content (AvgIpc) is 2.28. The van der Waals surface area contributed by atoms with Crippen molar-refractivity contribution in [1.29, 1.82) is 0 Å². The first-order valence-corrected chi connectivity index (χ1v) is 6.56. The van der Waals surface area contributed by atoms with E-state index in [1.165, 1.54) is 13.0 Å². The van der Waals surface area contributed by atoms with Gasteiger partial charge in [-0.3, -0.25) is 4.31 Å². The minimum atomic E-state index is -5.34. The maximum Gasteiger partial charge on any atom is 0.516 e. The molecule has 1 aliphatic heterocycles. The summed E-state index contributed by atoms with van der Waals surface area (Å²) in [5.41, 5.74) is -4.02. The SMILES string of the molecule is CC1c2ccccc2C=CN1S(=O)(=O)C(F)(F)F. The van der Waals surface area contributed by atoms with Crippen molar-refractivity contribution in [3.05, 3.63) is 41.6 Å². The summed E-state index contributed by atoms with van der Waals surface area (Å²) in [4.78, 5) is 0. The fraction of sp³-hybridized carbons (Fsp3) is 0.273. The second-order valence-electron chi connectivity index (χ2n) is 3.90. The Balaban J connectivity index is 2.48. The van der Waals surface area contributed by atoms with Gasteiger partial charge in [0.05, 0.1) is 6.04 Å². The monoisotopic (exact) mass is 277 g/mol. The fourth-order valence-electron chi connectivity index (χ4n) is 1.87. The summed E-state index contributed by atoms with van der Waals surface area (Å²) in [5, 5.41) is 0. The van der Waals surface area contributed by atoms with Crippen LogP contribution in [-0.4, -0.2) is 18.2 Å². The summed E-state index contributed by atoms with van der Waals surface area (Å²) >= 11 is 0. The van der Waals surface area contributed by atoms with Gasteiger partial charge in [0.25, 0.3) is 0 Å². The van der Waals surface area contributed by atoms with Crippen molar-refractivity contribution in [3.63, 3.8) is 0 Å². The Bertz CT molecular complexity index is 593. The third kappa shape index (κ3) is 1.88. The molecule has 1 unspecified atom stereocenters. The first-order chi connectivity index (χ1) is 8.25. The van der Waals surface area contributed by atoms with Gasteiger partial charge in [-0.25, -0.2) is 0 Å². The third-order valence-electron chi connectivity index (χ3n) is 2.80. The van der Waals surface area contributed by atoms with E-state index < -0.39 is 21.6 Å². The van der Waals surface area contributed by atoms with Gasteiger partial charge in [0.15, 0.2) is 0 Å². The maximum atomic E-state index is 12.5. The normalized spacial score (nSPS) is 19.8. The van der Waals surface area contributed by atoms with E-state index in [-0.39, 0.29) is 0 Å². The van der Waals surface area contributed by atoms with Crippen molar-refractivity contribution in [1.82, 2.24) is 4.31 Å². The van der Waals surface area contributed by atoms with Crippen molar-refractivity contribution in [2.24, 2.45) is 0 Å². The Hall–Kier alpha value is -1.50. The molecule has 1 atom stereocenters. The van der Waals surface area contributed by atoms with E-state index in [1.54, 1.807) is 24.3 Å². The highest BCUT2D eigenvalue weighted by Gasteiger charge is 2.51. The molecule has 0 saturated heterocycles. The summed E-state index contributed by atoms with van der Waals surface area (Å²) in [6, 6.07) is 5.86. The molecule has 1 aromatic carbocycles. The number of hydrogen-bond acceptors (Lipinski definition) is 2. The number of hydrogen-bond donors (Lipinski definition) is 0. The summed E-state index contributed by atoms with van der Waals surface area (Å²) in [5.74, 6) is 0. The van der Waals surface area contributed by atoms with E-state index in [9.17, 15) is 21.6 Å². The molecule has 0 amide bonds. The van der Waals surface area contributed by atoms with Gasteiger partial charge in [-0.15, -0.1) is 0 Å². The van der Waals surface area contributed by atoms with Crippen molar-refractivity contribution in [3.8, 4) is 0 Å². The zero-order chi connectivity index (χ0) is 13.6. The highest BCUT2D eigenvalue weighted by molar-refractivity contribution is 7.90. The quantitative estimate of drug-likeness (QED) is 0.791. The zero-order valence-electron chi connectivity index (χ0n) is 9.35. The Morgan fingerprint density at radius 3 is 2.44 bits per heavy atom. The molecule has 0 radical (unpaired) electrons. The minimum absolute atomic E-state index is 0.343. The van der Waals surface area contributed by atoms with Crippen LogP contribution in [-0.2, 0) is 10.0 Å². The van der Waals surface area contributed by atoms with Gasteiger partial charge < -0.3 is 0 Å². The smallest absolute Gasteiger partial charge is 0.262 e. The molecule has 18 heavy (non-hydrogen) atoms. The van der Waals surface area contributed by atoms with Crippen LogP contribution >= 0.6 is 0 Å². The minimum Gasteiger partial charge on any atom is -0.262 e. The van der Waals surface area contributed by atoms with Crippen LogP contribution in [0.2, 0.25) is 0 Å². The fourth-order valence-corrected chi connectivity index (χ4v) is 2.86. The lowest BCUT2D eigenvalue weighted by atomic mass is 9.99. The maximum absolute atomic E-state index is 12.5. The third-order valence-corrected chi connectivity index (χ3v) is 4.38. The second kappa shape index (κ2) is 4.01. The molecule has 7 heteroatoms. The van der Waals surface area contributed by atoms with Gasteiger partial charge in [0.1, 0.15) is 0 Å². The van der Waals surface area contributed by atoms with Crippen molar-refractivity contribution in [2.75, 3.05) is 0 Å². The number of sulfonamides is 1. The molecule has 0 fully saturated rings. The number of nitrogens with zero attached hydrogens (tertiary/aromatic N) is 1. The highest BCUT2D eigenvalue weighted by atomic mass is 32.2. The van der Waals surface area contributed by atoms with Crippen LogP contribution in [0.25, 0.3) is 6.08 Å². The first kappa shape index (κ1) is 12.9. The lowest BCUT2D eigenvalue weighted by Crippen LogP contribution is -2.39. The Labute approximate surface area is 103 Å². The lowest BCUT2D eigenvalue weighted by molar-refractivity contribution is -0.0485. The average molecular weight is 277 g/mol. The van der Waals surface area contributed by atoms with Crippen molar-refractivity contribution in [2.45, 2.75) is 18.5 Å². The van der Waals surface area contributed by atoms with Gasteiger partial charge in [-0.2, -0.15) is 21.6 Å². The first-order valence-electron chi connectivity index (χ1n) is 5.12. The van der Waals surface area contributed by atoms with Crippen LogP contribution in [0.1, 0.15) is 24.1 Å². The molecule has 1 aliphatic rings. The predicted octanol–water partition coefficient (Wildman–Crippen LogP) is 2.88. The van der Waals surface area contributed by atoms with Crippen LogP contribution in [0.5, 0.6) is 0 Å². The summed E-state index contributed by atoms with van der Waals surface area (Å²) in [6.45, 7) is 1.42. The topological polar surface area (TPSA) is 37.4 Å². The van der Waals surface area contributed by atoms with E-state index in [4.69, 9.17) is 0 Å².